The number of aliphatic hydroxyl groups excluding tert-OH is 1. The topological polar surface area (TPSA) is 63.6 Å². The van der Waals surface area contributed by atoms with Gasteiger partial charge in [-0.05, 0) is 31.5 Å². The average Bonchev–Trinajstić information content (AvgIpc) is 2.29. The number of sulfone groups is 1. The average molecular weight is 262 g/mol. The van der Waals surface area contributed by atoms with Crippen LogP contribution < -0.4 is 4.74 Å². The highest BCUT2D eigenvalue weighted by Crippen LogP contribution is 2.22. The van der Waals surface area contributed by atoms with Gasteiger partial charge in [-0.2, -0.15) is 0 Å². The van der Waals surface area contributed by atoms with Crippen LogP contribution in [0.4, 0.5) is 4.39 Å². The molecule has 0 aliphatic rings. The van der Waals surface area contributed by atoms with Gasteiger partial charge in [0, 0.05) is 6.61 Å². The third-order valence-corrected chi connectivity index (χ3v) is 3.93. The summed E-state index contributed by atoms with van der Waals surface area (Å²) < 4.78 is 41.8. The molecule has 0 aromatic heterocycles. The van der Waals surface area contributed by atoms with Crippen molar-refractivity contribution in [2.75, 3.05) is 19.0 Å². The Hall–Kier alpha value is -1.14. The van der Waals surface area contributed by atoms with E-state index in [-0.39, 0.29) is 29.4 Å². The number of hydrogen-bond acceptors (Lipinski definition) is 4. The number of rotatable bonds is 6. The highest BCUT2D eigenvalue weighted by molar-refractivity contribution is 7.91. The minimum absolute atomic E-state index is 0.0357. The molecule has 0 heterocycles. The van der Waals surface area contributed by atoms with Crippen LogP contribution in [-0.4, -0.2) is 32.5 Å². The highest BCUT2D eigenvalue weighted by atomic mass is 32.2. The van der Waals surface area contributed by atoms with Crippen LogP contribution in [0.1, 0.15) is 13.3 Å². The van der Waals surface area contributed by atoms with Gasteiger partial charge in [-0.3, -0.25) is 0 Å². The van der Waals surface area contributed by atoms with Gasteiger partial charge in [0.05, 0.1) is 17.3 Å². The van der Waals surface area contributed by atoms with Gasteiger partial charge >= 0.3 is 0 Å². The summed E-state index contributed by atoms with van der Waals surface area (Å²) in [4.78, 5) is -0.0908. The Balaban J connectivity index is 2.96. The number of aliphatic hydroxyl groups is 1. The minimum atomic E-state index is -3.53. The Bertz CT molecular complexity index is 470. The largest absolute Gasteiger partial charge is 0.491 e. The van der Waals surface area contributed by atoms with E-state index in [0.717, 1.165) is 6.07 Å². The van der Waals surface area contributed by atoms with Crippen LogP contribution in [0.25, 0.3) is 0 Å². The molecule has 1 N–H and O–H groups in total. The van der Waals surface area contributed by atoms with Crippen LogP contribution in [0.3, 0.4) is 0 Å². The fourth-order valence-electron chi connectivity index (χ4n) is 1.32. The molecule has 0 spiro atoms. The molecule has 0 aliphatic heterocycles. The lowest BCUT2D eigenvalue weighted by atomic mass is 10.3. The molecule has 0 amide bonds. The fourth-order valence-corrected chi connectivity index (χ4v) is 2.62. The molecule has 0 saturated heterocycles. The quantitative estimate of drug-likeness (QED) is 0.841. The number of halogens is 1. The number of hydrogen-bond donors (Lipinski definition) is 1. The Kier molecular flexibility index (Phi) is 4.89. The molecule has 96 valence electrons. The first-order valence-corrected chi connectivity index (χ1v) is 6.92. The third kappa shape index (κ3) is 3.67. The zero-order valence-electron chi connectivity index (χ0n) is 9.52. The molecule has 0 radical (unpaired) electrons. The summed E-state index contributed by atoms with van der Waals surface area (Å²) in [6.45, 7) is 1.82. The lowest BCUT2D eigenvalue weighted by Gasteiger charge is -2.07. The number of ether oxygens (including phenoxy) is 1. The summed E-state index contributed by atoms with van der Waals surface area (Å²) in [5, 5.41) is 8.59. The molecule has 0 saturated carbocycles. The zero-order chi connectivity index (χ0) is 12.9. The van der Waals surface area contributed by atoms with Crippen LogP contribution in [0, 0.1) is 5.82 Å². The summed E-state index contributed by atoms with van der Waals surface area (Å²) >= 11 is 0. The van der Waals surface area contributed by atoms with Crippen LogP contribution in [-0.2, 0) is 9.84 Å². The summed E-state index contributed by atoms with van der Waals surface area (Å²) in [5.74, 6) is -0.859. The van der Waals surface area contributed by atoms with E-state index in [1.807, 2.05) is 0 Å². The maximum absolute atomic E-state index is 13.5. The van der Waals surface area contributed by atoms with Crippen molar-refractivity contribution in [3.05, 3.63) is 24.0 Å². The fraction of sp³-hybridized carbons (Fsp3) is 0.455. The first kappa shape index (κ1) is 13.9. The maximum atomic E-state index is 13.5. The van der Waals surface area contributed by atoms with E-state index in [4.69, 9.17) is 9.84 Å². The summed E-state index contributed by atoms with van der Waals surface area (Å²) in [6.07, 6.45) is 0.136. The van der Waals surface area contributed by atoms with E-state index in [2.05, 4.69) is 0 Å². The third-order valence-electron chi connectivity index (χ3n) is 2.13. The van der Waals surface area contributed by atoms with Gasteiger partial charge in [-0.1, -0.05) is 0 Å². The Labute approximate surface area is 100.0 Å². The second-order valence-electron chi connectivity index (χ2n) is 3.42. The van der Waals surface area contributed by atoms with E-state index < -0.39 is 15.7 Å². The van der Waals surface area contributed by atoms with Gasteiger partial charge in [0.15, 0.2) is 21.4 Å². The molecule has 17 heavy (non-hydrogen) atoms. The standard InChI is InChI=1S/C11H15FO4S/c1-2-16-11-5-4-9(8-10(11)12)17(14,15)7-3-6-13/h4-5,8,13H,2-3,6-7H2,1H3. The van der Waals surface area contributed by atoms with Gasteiger partial charge in [-0.25, -0.2) is 12.8 Å². The van der Waals surface area contributed by atoms with Gasteiger partial charge in [0.1, 0.15) is 0 Å². The first-order valence-electron chi connectivity index (χ1n) is 5.27. The molecule has 4 nitrogen and oxygen atoms in total. The van der Waals surface area contributed by atoms with Crippen molar-refractivity contribution in [1.82, 2.24) is 0 Å². The molecule has 0 fully saturated rings. The number of benzene rings is 1. The summed E-state index contributed by atoms with van der Waals surface area (Å²) in [6, 6.07) is 3.54. The highest BCUT2D eigenvalue weighted by Gasteiger charge is 2.16. The second-order valence-corrected chi connectivity index (χ2v) is 5.53. The molecule has 6 heteroatoms. The normalized spacial score (nSPS) is 11.5. The van der Waals surface area contributed by atoms with Crippen molar-refractivity contribution in [2.24, 2.45) is 0 Å². The van der Waals surface area contributed by atoms with Crippen LogP contribution >= 0.6 is 0 Å². The Morgan fingerprint density at radius 1 is 1.41 bits per heavy atom. The predicted molar refractivity (Wildman–Crippen MR) is 61.3 cm³/mol. The van der Waals surface area contributed by atoms with Crippen LogP contribution in [0.15, 0.2) is 23.1 Å². The summed E-state index contributed by atoms with van der Waals surface area (Å²) in [5.41, 5.74) is 0. The SMILES string of the molecule is CCOc1ccc(S(=O)(=O)CCCO)cc1F. The molecule has 0 unspecified atom stereocenters. The smallest absolute Gasteiger partial charge is 0.178 e. The van der Waals surface area contributed by atoms with E-state index in [0.29, 0.717) is 6.61 Å². The predicted octanol–water partition coefficient (Wildman–Crippen LogP) is 1.38. The lowest BCUT2D eigenvalue weighted by Crippen LogP contribution is -2.09. The molecule has 1 aromatic rings. The Morgan fingerprint density at radius 3 is 2.65 bits per heavy atom. The van der Waals surface area contributed by atoms with E-state index in [9.17, 15) is 12.8 Å². The lowest BCUT2D eigenvalue weighted by molar-refractivity contribution is 0.295. The Morgan fingerprint density at radius 2 is 2.12 bits per heavy atom. The van der Waals surface area contributed by atoms with E-state index >= 15 is 0 Å². The molecular weight excluding hydrogens is 247 g/mol. The van der Waals surface area contributed by atoms with Gasteiger partial charge in [0.25, 0.3) is 0 Å². The molecular formula is C11H15FO4S. The van der Waals surface area contributed by atoms with Crippen molar-refractivity contribution in [2.45, 2.75) is 18.2 Å². The van der Waals surface area contributed by atoms with Gasteiger partial charge in [-0.15, -0.1) is 0 Å². The van der Waals surface area contributed by atoms with Crippen molar-refractivity contribution in [1.29, 1.82) is 0 Å². The molecule has 1 aromatic carbocycles. The second kappa shape index (κ2) is 5.97. The molecule has 1 rings (SSSR count). The van der Waals surface area contributed by atoms with Gasteiger partial charge < -0.3 is 9.84 Å². The molecule has 0 atom stereocenters. The van der Waals surface area contributed by atoms with Crippen molar-refractivity contribution < 1.29 is 22.7 Å². The van der Waals surface area contributed by atoms with Crippen molar-refractivity contribution in [3.63, 3.8) is 0 Å². The zero-order valence-corrected chi connectivity index (χ0v) is 10.3. The summed E-state index contributed by atoms with van der Waals surface area (Å²) in [7, 11) is -3.53. The van der Waals surface area contributed by atoms with E-state index in [1.54, 1.807) is 6.92 Å². The van der Waals surface area contributed by atoms with Crippen molar-refractivity contribution in [3.8, 4) is 5.75 Å². The van der Waals surface area contributed by atoms with Crippen LogP contribution in [0.5, 0.6) is 5.75 Å². The first-order chi connectivity index (χ1) is 8.01. The molecule has 0 aliphatic carbocycles. The van der Waals surface area contributed by atoms with Crippen molar-refractivity contribution >= 4 is 9.84 Å². The van der Waals surface area contributed by atoms with E-state index in [1.165, 1.54) is 12.1 Å². The van der Waals surface area contributed by atoms with Gasteiger partial charge in [0.2, 0.25) is 0 Å². The minimum Gasteiger partial charge on any atom is -0.491 e. The maximum Gasteiger partial charge on any atom is 0.178 e. The monoisotopic (exact) mass is 262 g/mol. The molecule has 0 bridgehead atoms. The van der Waals surface area contributed by atoms with Crippen LogP contribution in [0.2, 0.25) is 0 Å².